The molecular weight excluding hydrogens is 638 g/mol. The lowest BCUT2D eigenvalue weighted by molar-refractivity contribution is -0.0281. The number of aromatic nitrogens is 3. The van der Waals surface area contributed by atoms with Gasteiger partial charge in [-0.3, -0.25) is 0 Å². The van der Waals surface area contributed by atoms with Crippen LogP contribution in [-0.4, -0.2) is 15.0 Å². The summed E-state index contributed by atoms with van der Waals surface area (Å²) in [5.74, 6) is 3.72. The average Bonchev–Trinajstić information content (AvgIpc) is 3.12. The Morgan fingerprint density at radius 2 is 0.787 bits per heavy atom. The van der Waals surface area contributed by atoms with Crippen molar-refractivity contribution >= 4 is 15.9 Å². The molecule has 4 aliphatic carbocycles. The third-order valence-electron chi connectivity index (χ3n) is 11.2. The Balaban J connectivity index is 1.07. The van der Waals surface area contributed by atoms with E-state index in [0.29, 0.717) is 22.9 Å². The van der Waals surface area contributed by atoms with E-state index >= 15 is 0 Å². The molecule has 0 radical (unpaired) electrons. The van der Waals surface area contributed by atoms with Gasteiger partial charge in [-0.2, -0.15) is 0 Å². The molecule has 10 rings (SSSR count). The van der Waals surface area contributed by atoms with Crippen LogP contribution in [0.5, 0.6) is 0 Å². The van der Waals surface area contributed by atoms with Crippen LogP contribution in [0.4, 0.5) is 0 Å². The van der Waals surface area contributed by atoms with E-state index in [4.69, 9.17) is 15.0 Å². The molecule has 4 saturated carbocycles. The zero-order valence-corrected chi connectivity index (χ0v) is 27.9. The molecule has 4 aliphatic rings. The minimum Gasteiger partial charge on any atom is -0.208 e. The molecule has 0 saturated heterocycles. The topological polar surface area (TPSA) is 38.7 Å². The van der Waals surface area contributed by atoms with Crippen LogP contribution in [-0.2, 0) is 10.8 Å². The maximum absolute atomic E-state index is 5.06. The molecule has 1 heterocycles. The Bertz CT molecular complexity index is 2020. The van der Waals surface area contributed by atoms with E-state index in [2.05, 4.69) is 125 Å². The van der Waals surface area contributed by atoms with Gasteiger partial charge in [0.05, 0.1) is 0 Å². The maximum Gasteiger partial charge on any atom is 0.164 e. The van der Waals surface area contributed by atoms with Gasteiger partial charge in [-0.05, 0) is 95.6 Å². The molecule has 0 amide bonds. The molecule has 6 aromatic rings. The lowest BCUT2D eigenvalue weighted by atomic mass is 9.42. The van der Waals surface area contributed by atoms with E-state index in [-0.39, 0.29) is 5.41 Å². The van der Waals surface area contributed by atoms with Crippen molar-refractivity contribution in [2.75, 3.05) is 0 Å². The standard InChI is InChI=1S/C43H36BrN3/c44-38-21-19-37(20-22-38)43-26-29-23-30(27-43)25-42(24-29,28-43)36-17-15-35(16-18-36)41-46-39(33-9-5-2-6-10-33)45-40(47-41)34-13-11-32(12-14-34)31-7-3-1-4-8-31/h1-22,29-30H,23-28H2. The predicted octanol–water partition coefficient (Wildman–Crippen LogP) is 11.1. The summed E-state index contributed by atoms with van der Waals surface area (Å²) in [4.78, 5) is 15.0. The van der Waals surface area contributed by atoms with E-state index < -0.39 is 0 Å². The van der Waals surface area contributed by atoms with E-state index in [1.54, 1.807) is 5.56 Å². The van der Waals surface area contributed by atoms with Gasteiger partial charge in [0.15, 0.2) is 17.5 Å². The van der Waals surface area contributed by atoms with Crippen molar-refractivity contribution in [3.05, 3.63) is 149 Å². The minimum atomic E-state index is 0.246. The van der Waals surface area contributed by atoms with E-state index in [0.717, 1.165) is 33.0 Å². The highest BCUT2D eigenvalue weighted by Crippen LogP contribution is 2.66. The number of benzene rings is 5. The first-order valence-electron chi connectivity index (χ1n) is 16.9. The van der Waals surface area contributed by atoms with Crippen LogP contribution in [0.25, 0.3) is 45.3 Å². The highest BCUT2D eigenvalue weighted by molar-refractivity contribution is 9.10. The molecular formula is C43H36BrN3. The third-order valence-corrected chi connectivity index (χ3v) is 11.7. The summed E-state index contributed by atoms with van der Waals surface area (Å²) >= 11 is 3.66. The second-order valence-corrected chi connectivity index (χ2v) is 15.1. The zero-order valence-electron chi connectivity index (χ0n) is 26.3. The van der Waals surface area contributed by atoms with Crippen LogP contribution < -0.4 is 0 Å². The van der Waals surface area contributed by atoms with Gasteiger partial charge in [0.2, 0.25) is 0 Å². The van der Waals surface area contributed by atoms with Gasteiger partial charge < -0.3 is 0 Å². The molecule has 3 nitrogen and oxygen atoms in total. The number of halogens is 1. The number of nitrogens with zero attached hydrogens (tertiary/aromatic N) is 3. The van der Waals surface area contributed by atoms with Gasteiger partial charge in [0.25, 0.3) is 0 Å². The fourth-order valence-corrected chi connectivity index (χ4v) is 9.77. The lowest BCUT2D eigenvalue weighted by Gasteiger charge is -2.63. The second kappa shape index (κ2) is 11.4. The molecule has 5 aromatic carbocycles. The van der Waals surface area contributed by atoms with Crippen molar-refractivity contribution in [2.24, 2.45) is 11.8 Å². The van der Waals surface area contributed by atoms with Crippen LogP contribution in [0, 0.1) is 11.8 Å². The number of hydrogen-bond donors (Lipinski definition) is 0. The van der Waals surface area contributed by atoms with E-state index in [1.165, 1.54) is 55.2 Å². The second-order valence-electron chi connectivity index (χ2n) is 14.2. The van der Waals surface area contributed by atoms with Crippen LogP contribution in [0.2, 0.25) is 0 Å². The summed E-state index contributed by atoms with van der Waals surface area (Å²) in [6.45, 7) is 0. The quantitative estimate of drug-likeness (QED) is 0.177. The number of rotatable bonds is 6. The van der Waals surface area contributed by atoms with Gasteiger partial charge in [-0.25, -0.2) is 15.0 Å². The van der Waals surface area contributed by atoms with E-state index in [9.17, 15) is 0 Å². The Labute approximate surface area is 285 Å². The van der Waals surface area contributed by atoms with Crippen molar-refractivity contribution in [1.29, 1.82) is 0 Å². The fourth-order valence-electron chi connectivity index (χ4n) is 9.51. The molecule has 0 aliphatic heterocycles. The molecule has 47 heavy (non-hydrogen) atoms. The smallest absolute Gasteiger partial charge is 0.164 e. The van der Waals surface area contributed by atoms with Crippen molar-refractivity contribution in [1.82, 2.24) is 15.0 Å². The lowest BCUT2D eigenvalue weighted by Crippen LogP contribution is -2.55. The van der Waals surface area contributed by atoms with Crippen molar-refractivity contribution in [2.45, 2.75) is 49.4 Å². The molecule has 2 unspecified atom stereocenters. The van der Waals surface area contributed by atoms with Crippen LogP contribution in [0.1, 0.15) is 49.7 Å². The molecule has 1 aromatic heterocycles. The SMILES string of the molecule is Brc1ccc(C23CC4CC(C2)CC(c2ccc(-c5nc(-c6ccccc6)nc(-c6ccc(-c7ccccc7)cc6)n5)cc2)(C4)C3)cc1. The van der Waals surface area contributed by atoms with Crippen molar-refractivity contribution in [3.63, 3.8) is 0 Å². The van der Waals surface area contributed by atoms with Gasteiger partial charge in [-0.15, -0.1) is 0 Å². The molecule has 2 atom stereocenters. The highest BCUT2D eigenvalue weighted by Gasteiger charge is 2.58. The normalized spacial score (nSPS) is 24.4. The Hall–Kier alpha value is -4.41. The largest absolute Gasteiger partial charge is 0.208 e. The summed E-state index contributed by atoms with van der Waals surface area (Å²) < 4.78 is 1.16. The zero-order chi connectivity index (χ0) is 31.4. The Morgan fingerprint density at radius 3 is 1.28 bits per heavy atom. The maximum atomic E-state index is 5.06. The van der Waals surface area contributed by atoms with Crippen LogP contribution in [0.3, 0.4) is 0 Å². The molecule has 4 fully saturated rings. The summed E-state index contributed by atoms with van der Waals surface area (Å²) in [6, 6.07) is 47.8. The molecule has 4 heteroatoms. The summed E-state index contributed by atoms with van der Waals surface area (Å²) in [5, 5.41) is 0. The monoisotopic (exact) mass is 673 g/mol. The Morgan fingerprint density at radius 1 is 0.426 bits per heavy atom. The number of hydrogen-bond acceptors (Lipinski definition) is 3. The van der Waals surface area contributed by atoms with Crippen LogP contribution >= 0.6 is 15.9 Å². The summed E-state index contributed by atoms with van der Waals surface area (Å²) in [6.07, 6.45) is 7.96. The van der Waals surface area contributed by atoms with Gasteiger partial charge >= 0.3 is 0 Å². The van der Waals surface area contributed by atoms with Gasteiger partial charge in [0.1, 0.15) is 0 Å². The van der Waals surface area contributed by atoms with Gasteiger partial charge in [0, 0.05) is 21.2 Å². The first-order chi connectivity index (χ1) is 23.0. The first kappa shape index (κ1) is 28.8. The molecule has 4 bridgehead atoms. The van der Waals surface area contributed by atoms with E-state index in [1.807, 2.05) is 24.3 Å². The van der Waals surface area contributed by atoms with Crippen molar-refractivity contribution < 1.29 is 0 Å². The summed E-state index contributed by atoms with van der Waals surface area (Å²) in [5.41, 5.74) is 8.95. The van der Waals surface area contributed by atoms with Crippen molar-refractivity contribution in [3.8, 4) is 45.3 Å². The summed E-state index contributed by atoms with van der Waals surface area (Å²) in [7, 11) is 0. The average molecular weight is 675 g/mol. The van der Waals surface area contributed by atoms with Gasteiger partial charge in [-0.1, -0.05) is 137 Å². The molecule has 0 N–H and O–H groups in total. The molecule has 0 spiro atoms. The fraction of sp³-hybridized carbons (Fsp3) is 0.233. The predicted molar refractivity (Wildman–Crippen MR) is 194 cm³/mol. The Kier molecular flexibility index (Phi) is 6.97. The molecule has 230 valence electrons. The third kappa shape index (κ3) is 5.23. The minimum absolute atomic E-state index is 0.246. The van der Waals surface area contributed by atoms with Crippen LogP contribution in [0.15, 0.2) is 138 Å². The first-order valence-corrected chi connectivity index (χ1v) is 17.7. The highest BCUT2D eigenvalue weighted by atomic mass is 79.9.